The van der Waals surface area contributed by atoms with Crippen molar-refractivity contribution in [2.75, 3.05) is 33.2 Å². The number of primary amides is 1. The number of nitrogens with one attached hydrogen (secondary N) is 1. The van der Waals surface area contributed by atoms with Crippen LogP contribution in [-0.2, 0) is 23.1 Å². The number of amides is 1. The molecule has 1 heterocycles. The van der Waals surface area contributed by atoms with Crippen LogP contribution in [0.3, 0.4) is 0 Å². The zero-order valence-electron chi connectivity index (χ0n) is 19.5. The molecule has 0 aliphatic carbocycles. The molecule has 1 saturated heterocycles. The van der Waals surface area contributed by atoms with Gasteiger partial charge in [0.15, 0.2) is 0 Å². The Labute approximate surface area is 197 Å². The second-order valence-corrected chi connectivity index (χ2v) is 9.11. The maximum Gasteiger partial charge on any atom is 0.232 e. The molecule has 4 nitrogen and oxygen atoms in total. The third kappa shape index (κ3) is 5.02. The number of likely N-dealkylation sites (N-methyl/N-ethyl adjacent to an activating group) is 1. The van der Waals surface area contributed by atoms with Gasteiger partial charge in [-0.15, -0.1) is 0 Å². The average Bonchev–Trinajstić information content (AvgIpc) is 3.32. The minimum Gasteiger partial charge on any atom is -0.369 e. The van der Waals surface area contributed by atoms with Crippen LogP contribution in [0.2, 0.25) is 0 Å². The van der Waals surface area contributed by atoms with Crippen molar-refractivity contribution < 1.29 is 4.79 Å². The van der Waals surface area contributed by atoms with Crippen molar-refractivity contribution >= 4 is 5.91 Å². The summed E-state index contributed by atoms with van der Waals surface area (Å²) in [6, 6.07) is 29.1. The second kappa shape index (κ2) is 10.8. The topological polar surface area (TPSA) is 58.4 Å². The lowest BCUT2D eigenvalue weighted by Gasteiger charge is -2.37. The Morgan fingerprint density at radius 1 is 0.939 bits per heavy atom. The average molecular weight is 442 g/mol. The molecule has 0 aromatic heterocycles. The van der Waals surface area contributed by atoms with E-state index in [-0.39, 0.29) is 11.8 Å². The van der Waals surface area contributed by atoms with Crippen LogP contribution in [0.5, 0.6) is 0 Å². The predicted octanol–water partition coefficient (Wildman–Crippen LogP) is 3.78. The fraction of sp³-hybridized carbons (Fsp3) is 0.345. The highest BCUT2D eigenvalue weighted by Crippen LogP contribution is 2.43. The molecule has 4 rings (SSSR count). The zero-order chi connectivity index (χ0) is 23.1. The lowest BCUT2D eigenvalue weighted by Crippen LogP contribution is -2.49. The summed E-state index contributed by atoms with van der Waals surface area (Å²) in [4.78, 5) is 15.7. The van der Waals surface area contributed by atoms with Gasteiger partial charge in [-0.25, -0.2) is 0 Å². The zero-order valence-corrected chi connectivity index (χ0v) is 19.5. The Morgan fingerprint density at radius 2 is 1.55 bits per heavy atom. The molecular formula is C29H35N3O. The summed E-state index contributed by atoms with van der Waals surface area (Å²) in [6.07, 6.45) is 3.01. The van der Waals surface area contributed by atoms with E-state index in [1.54, 1.807) is 0 Å². The summed E-state index contributed by atoms with van der Waals surface area (Å²) in [5, 5.41) is 3.22. The summed E-state index contributed by atoms with van der Waals surface area (Å²) in [7, 11) is 1.99. The quantitative estimate of drug-likeness (QED) is 0.503. The largest absolute Gasteiger partial charge is 0.369 e. The van der Waals surface area contributed by atoms with Crippen molar-refractivity contribution in [1.29, 1.82) is 0 Å². The van der Waals surface area contributed by atoms with E-state index >= 15 is 0 Å². The molecule has 1 unspecified atom stereocenters. The maximum absolute atomic E-state index is 13.2. The van der Waals surface area contributed by atoms with Gasteiger partial charge < -0.3 is 16.0 Å². The van der Waals surface area contributed by atoms with Gasteiger partial charge in [0.1, 0.15) is 5.41 Å². The van der Waals surface area contributed by atoms with E-state index in [1.807, 2.05) is 43.4 Å². The number of nitrogens with two attached hydrogens (primary N) is 1. The first-order valence-electron chi connectivity index (χ1n) is 12.0. The molecule has 0 spiro atoms. The Hall–Kier alpha value is -2.95. The molecule has 3 aromatic carbocycles. The number of carbonyl (C=O) groups is 1. The molecule has 4 heteroatoms. The third-order valence-electron chi connectivity index (χ3n) is 7.10. The summed E-state index contributed by atoms with van der Waals surface area (Å²) in [5.41, 5.74) is 10.1. The molecular weight excluding hydrogens is 406 g/mol. The van der Waals surface area contributed by atoms with Gasteiger partial charge in [-0.3, -0.25) is 4.79 Å². The summed E-state index contributed by atoms with van der Waals surface area (Å²) < 4.78 is 0. The number of hydrogen-bond acceptors (Lipinski definition) is 3. The molecule has 1 amide bonds. The predicted molar refractivity (Wildman–Crippen MR) is 135 cm³/mol. The van der Waals surface area contributed by atoms with Gasteiger partial charge in [0.25, 0.3) is 0 Å². The summed E-state index contributed by atoms with van der Waals surface area (Å²) in [6.45, 7) is 3.83. The van der Waals surface area contributed by atoms with E-state index in [4.69, 9.17) is 5.73 Å². The molecule has 1 aliphatic rings. The van der Waals surface area contributed by atoms with Crippen LogP contribution in [0.15, 0.2) is 84.9 Å². The van der Waals surface area contributed by atoms with Gasteiger partial charge in [-0.1, -0.05) is 84.9 Å². The smallest absolute Gasteiger partial charge is 0.232 e. The molecule has 0 radical (unpaired) electrons. The SMILES string of the molecule is CNCCc1cccc(CCN2CCC(C(C(N)=O)(c3ccccc3)c3ccccc3)C2)c1. The van der Waals surface area contributed by atoms with Crippen molar-refractivity contribution in [2.45, 2.75) is 24.7 Å². The molecule has 1 aliphatic heterocycles. The van der Waals surface area contributed by atoms with Crippen molar-refractivity contribution in [3.8, 4) is 0 Å². The highest BCUT2D eigenvalue weighted by atomic mass is 16.1. The molecule has 1 atom stereocenters. The van der Waals surface area contributed by atoms with Gasteiger partial charge >= 0.3 is 0 Å². The van der Waals surface area contributed by atoms with Gasteiger partial charge in [0.2, 0.25) is 5.91 Å². The first-order valence-corrected chi connectivity index (χ1v) is 12.0. The number of carbonyl (C=O) groups excluding carboxylic acids is 1. The van der Waals surface area contributed by atoms with E-state index < -0.39 is 5.41 Å². The van der Waals surface area contributed by atoms with Crippen LogP contribution < -0.4 is 11.1 Å². The number of nitrogens with zero attached hydrogens (tertiary/aromatic N) is 1. The number of likely N-dealkylation sites (tertiary alicyclic amines) is 1. The molecule has 3 aromatic rings. The fourth-order valence-electron chi connectivity index (χ4n) is 5.41. The standard InChI is InChI=1S/C29H35N3O/c1-31-18-15-23-9-8-10-24(21-23)16-19-32-20-17-27(22-32)29(28(30)33,25-11-4-2-5-12-25)26-13-6-3-7-14-26/h2-14,21,27,31H,15-20,22H2,1H3,(H2,30,33). The lowest BCUT2D eigenvalue weighted by atomic mass is 9.64. The van der Waals surface area contributed by atoms with Crippen LogP contribution in [0, 0.1) is 5.92 Å². The number of rotatable bonds is 10. The normalized spacial score (nSPS) is 16.7. The maximum atomic E-state index is 13.2. The van der Waals surface area contributed by atoms with Gasteiger partial charge in [-0.05, 0) is 67.6 Å². The van der Waals surface area contributed by atoms with Crippen LogP contribution in [-0.4, -0.2) is 44.0 Å². The number of hydrogen-bond donors (Lipinski definition) is 2. The highest BCUT2D eigenvalue weighted by molar-refractivity contribution is 5.91. The molecule has 3 N–H and O–H groups in total. The third-order valence-corrected chi connectivity index (χ3v) is 7.10. The number of benzene rings is 3. The van der Waals surface area contributed by atoms with E-state index in [9.17, 15) is 4.79 Å². The van der Waals surface area contributed by atoms with Crippen molar-refractivity contribution in [1.82, 2.24) is 10.2 Å². The monoisotopic (exact) mass is 441 g/mol. The molecule has 0 saturated carbocycles. The van der Waals surface area contributed by atoms with Crippen molar-refractivity contribution in [2.24, 2.45) is 11.7 Å². The van der Waals surface area contributed by atoms with Gasteiger partial charge in [0.05, 0.1) is 0 Å². The lowest BCUT2D eigenvalue weighted by molar-refractivity contribution is -0.123. The molecule has 172 valence electrons. The minimum absolute atomic E-state index is 0.141. The molecule has 33 heavy (non-hydrogen) atoms. The van der Waals surface area contributed by atoms with Crippen molar-refractivity contribution in [3.63, 3.8) is 0 Å². The van der Waals surface area contributed by atoms with E-state index in [0.29, 0.717) is 0 Å². The Morgan fingerprint density at radius 3 is 2.12 bits per heavy atom. The molecule has 1 fully saturated rings. The van der Waals surface area contributed by atoms with Crippen molar-refractivity contribution in [3.05, 3.63) is 107 Å². The first kappa shape index (κ1) is 23.2. The Balaban J connectivity index is 1.53. The second-order valence-electron chi connectivity index (χ2n) is 9.11. The van der Waals surface area contributed by atoms with Crippen LogP contribution >= 0.6 is 0 Å². The van der Waals surface area contributed by atoms with E-state index in [2.05, 4.69) is 58.7 Å². The Bertz CT molecular complexity index is 996. The highest BCUT2D eigenvalue weighted by Gasteiger charge is 2.49. The van der Waals surface area contributed by atoms with E-state index in [0.717, 1.165) is 56.6 Å². The molecule has 0 bridgehead atoms. The van der Waals surface area contributed by atoms with Crippen LogP contribution in [0.4, 0.5) is 0 Å². The van der Waals surface area contributed by atoms with Gasteiger partial charge in [0, 0.05) is 13.1 Å². The Kier molecular flexibility index (Phi) is 7.58. The van der Waals surface area contributed by atoms with Crippen LogP contribution in [0.1, 0.15) is 28.7 Å². The van der Waals surface area contributed by atoms with Crippen LogP contribution in [0.25, 0.3) is 0 Å². The van der Waals surface area contributed by atoms with E-state index in [1.165, 1.54) is 11.1 Å². The fourth-order valence-corrected chi connectivity index (χ4v) is 5.41. The summed E-state index contributed by atoms with van der Waals surface area (Å²) in [5.74, 6) is -0.120. The minimum atomic E-state index is -0.815. The summed E-state index contributed by atoms with van der Waals surface area (Å²) >= 11 is 0. The first-order chi connectivity index (χ1) is 16.1. The van der Waals surface area contributed by atoms with Gasteiger partial charge in [-0.2, -0.15) is 0 Å².